The van der Waals surface area contributed by atoms with Crippen molar-refractivity contribution >= 4 is 34.4 Å². The van der Waals surface area contributed by atoms with E-state index < -0.39 is 0 Å². The van der Waals surface area contributed by atoms with E-state index in [1.54, 1.807) is 16.8 Å². The van der Waals surface area contributed by atoms with Gasteiger partial charge in [0.1, 0.15) is 12.4 Å². The molecule has 1 unspecified atom stereocenters. The number of aryl methyl sites for hydroxylation is 1. The number of rotatable bonds is 6. The van der Waals surface area contributed by atoms with Crippen molar-refractivity contribution in [3.8, 4) is 0 Å². The smallest absolute Gasteiger partial charge is 0.329 e. The third kappa shape index (κ3) is 4.16. The number of pyridine rings is 1. The van der Waals surface area contributed by atoms with Gasteiger partial charge >= 0.3 is 5.69 Å². The largest absolute Gasteiger partial charge is 0.369 e. The number of fused-ring (bicyclic) bond motifs is 1. The first-order chi connectivity index (χ1) is 15.0. The van der Waals surface area contributed by atoms with E-state index in [0.29, 0.717) is 18.8 Å². The first-order valence-corrected chi connectivity index (χ1v) is 10.5. The van der Waals surface area contributed by atoms with Gasteiger partial charge in [0.2, 0.25) is 11.8 Å². The first kappa shape index (κ1) is 20.6. The van der Waals surface area contributed by atoms with Gasteiger partial charge in [-0.05, 0) is 44.0 Å². The third-order valence-electron chi connectivity index (χ3n) is 5.72. The fourth-order valence-electron chi connectivity index (χ4n) is 4.14. The summed E-state index contributed by atoms with van der Waals surface area (Å²) in [6.45, 7) is 3.72. The Morgan fingerprint density at radius 3 is 2.55 bits per heavy atom. The molecule has 1 atom stereocenters. The van der Waals surface area contributed by atoms with E-state index in [-0.39, 0.29) is 30.0 Å². The third-order valence-corrected chi connectivity index (χ3v) is 5.72. The number of amides is 2. The summed E-state index contributed by atoms with van der Waals surface area (Å²) in [5.74, 6) is -0.0136. The van der Waals surface area contributed by atoms with Crippen LogP contribution in [0.25, 0.3) is 11.0 Å². The molecule has 1 aliphatic rings. The lowest BCUT2D eigenvalue weighted by Crippen LogP contribution is -2.41. The van der Waals surface area contributed by atoms with Crippen molar-refractivity contribution in [1.82, 2.24) is 14.1 Å². The Kier molecular flexibility index (Phi) is 5.75. The molecule has 4 rings (SSSR count). The van der Waals surface area contributed by atoms with Gasteiger partial charge in [-0.1, -0.05) is 12.1 Å². The van der Waals surface area contributed by atoms with Gasteiger partial charge in [-0.25, -0.2) is 9.78 Å². The minimum Gasteiger partial charge on any atom is -0.369 e. The fourth-order valence-corrected chi connectivity index (χ4v) is 4.14. The van der Waals surface area contributed by atoms with Crippen LogP contribution in [0.3, 0.4) is 0 Å². The van der Waals surface area contributed by atoms with Gasteiger partial charge in [0.25, 0.3) is 0 Å². The molecule has 0 bridgehead atoms. The van der Waals surface area contributed by atoms with Crippen molar-refractivity contribution in [1.29, 1.82) is 0 Å². The molecule has 31 heavy (non-hydrogen) atoms. The summed E-state index contributed by atoms with van der Waals surface area (Å²) in [5.41, 5.74) is 7.32. The first-order valence-electron chi connectivity index (χ1n) is 10.5. The van der Waals surface area contributed by atoms with Gasteiger partial charge in [0.05, 0.1) is 28.8 Å². The summed E-state index contributed by atoms with van der Waals surface area (Å²) in [5, 5.41) is 2.80. The average molecular weight is 422 g/mol. The maximum Gasteiger partial charge on any atom is 0.329 e. The van der Waals surface area contributed by atoms with Crippen molar-refractivity contribution in [3.05, 3.63) is 53.1 Å². The van der Waals surface area contributed by atoms with Gasteiger partial charge in [-0.2, -0.15) is 0 Å². The topological polar surface area (TPSA) is 115 Å². The second-order valence-corrected chi connectivity index (χ2v) is 7.74. The normalized spacial score (nSPS) is 16.4. The Morgan fingerprint density at radius 2 is 1.90 bits per heavy atom. The molecule has 2 aromatic heterocycles. The number of nitrogens with zero attached hydrogens (tertiary/aromatic N) is 4. The molecule has 3 heterocycles. The molecule has 1 aliphatic heterocycles. The van der Waals surface area contributed by atoms with Crippen molar-refractivity contribution in [3.63, 3.8) is 0 Å². The molecule has 162 valence electrons. The van der Waals surface area contributed by atoms with E-state index in [1.807, 2.05) is 42.2 Å². The van der Waals surface area contributed by atoms with Crippen LogP contribution in [0.5, 0.6) is 0 Å². The number of hydrogen-bond acceptors (Lipinski definition) is 5. The second kappa shape index (κ2) is 8.63. The highest BCUT2D eigenvalue weighted by Crippen LogP contribution is 2.22. The van der Waals surface area contributed by atoms with Gasteiger partial charge in [-0.3, -0.25) is 18.7 Å². The molecule has 0 aliphatic carbocycles. The van der Waals surface area contributed by atoms with Crippen LogP contribution < -0.4 is 21.6 Å². The fraction of sp³-hybridized carbons (Fsp3) is 0.364. The number of hydrogen-bond donors (Lipinski definition) is 2. The molecule has 0 saturated carbocycles. The van der Waals surface area contributed by atoms with Crippen molar-refractivity contribution in [2.45, 2.75) is 32.9 Å². The number of benzene rings is 1. The molecule has 1 aromatic carbocycles. The predicted octanol–water partition coefficient (Wildman–Crippen LogP) is 1.56. The van der Waals surface area contributed by atoms with Crippen LogP contribution in [-0.4, -0.2) is 39.0 Å². The van der Waals surface area contributed by atoms with Gasteiger partial charge in [0.15, 0.2) is 0 Å². The summed E-state index contributed by atoms with van der Waals surface area (Å²) in [4.78, 5) is 43.3. The lowest BCUT2D eigenvalue weighted by molar-refractivity contribution is -0.122. The standard InChI is InChI=1S/C22H26N6O3/c1-2-27-17-7-3-4-8-18(17)28(22(27)31)14-20(29)25-16-9-10-19(24-12-16)26-11-5-6-15(13-26)21(23)30/h3-4,7-10,12,15H,2,5-6,11,13-14H2,1H3,(H2,23,30)(H,25,29). The van der Waals surface area contributed by atoms with Crippen molar-refractivity contribution in [2.75, 3.05) is 23.3 Å². The molecule has 3 N–H and O–H groups in total. The molecule has 1 saturated heterocycles. The van der Waals surface area contributed by atoms with E-state index in [9.17, 15) is 14.4 Å². The predicted molar refractivity (Wildman–Crippen MR) is 119 cm³/mol. The van der Waals surface area contributed by atoms with Crippen molar-refractivity contribution in [2.24, 2.45) is 11.7 Å². The van der Waals surface area contributed by atoms with Crippen LogP contribution in [-0.2, 0) is 22.7 Å². The SMILES string of the molecule is CCn1c(=O)n(CC(=O)Nc2ccc(N3CCCC(C(N)=O)C3)nc2)c2ccccc21. The number of nitrogens with two attached hydrogens (primary N) is 1. The molecule has 9 heteroatoms. The Hall–Kier alpha value is -3.62. The Morgan fingerprint density at radius 1 is 1.16 bits per heavy atom. The number of piperidine rings is 1. The highest BCUT2D eigenvalue weighted by Gasteiger charge is 2.24. The Bertz CT molecular complexity index is 1160. The maximum atomic E-state index is 12.7. The highest BCUT2D eigenvalue weighted by molar-refractivity contribution is 5.91. The average Bonchev–Trinajstić information content (AvgIpc) is 3.05. The molecule has 0 radical (unpaired) electrons. The molecule has 1 fully saturated rings. The van der Waals surface area contributed by atoms with E-state index in [2.05, 4.69) is 10.3 Å². The number of carbonyl (C=O) groups excluding carboxylic acids is 2. The minimum atomic E-state index is -0.303. The molecule has 0 spiro atoms. The summed E-state index contributed by atoms with van der Waals surface area (Å²) in [6, 6.07) is 11.0. The van der Waals surface area contributed by atoms with Crippen LogP contribution >= 0.6 is 0 Å². The molecule has 3 aromatic rings. The van der Waals surface area contributed by atoms with Crippen LogP contribution in [0.15, 0.2) is 47.4 Å². The zero-order chi connectivity index (χ0) is 22.0. The Labute approximate surface area is 179 Å². The summed E-state index contributed by atoms with van der Waals surface area (Å²) < 4.78 is 3.13. The van der Waals surface area contributed by atoms with E-state index in [4.69, 9.17) is 5.73 Å². The number of nitrogens with one attached hydrogen (secondary N) is 1. The number of primary amides is 1. The van der Waals surface area contributed by atoms with Gasteiger partial charge in [-0.15, -0.1) is 0 Å². The lowest BCUT2D eigenvalue weighted by Gasteiger charge is -2.32. The number of imidazole rings is 1. The maximum absolute atomic E-state index is 12.7. The van der Waals surface area contributed by atoms with E-state index in [0.717, 1.165) is 36.2 Å². The van der Waals surface area contributed by atoms with Crippen LogP contribution in [0.1, 0.15) is 19.8 Å². The lowest BCUT2D eigenvalue weighted by atomic mass is 9.97. The second-order valence-electron chi connectivity index (χ2n) is 7.74. The zero-order valence-electron chi connectivity index (χ0n) is 17.5. The minimum absolute atomic E-state index is 0.0828. The summed E-state index contributed by atoms with van der Waals surface area (Å²) in [7, 11) is 0. The number of carbonyl (C=O) groups is 2. The van der Waals surface area contributed by atoms with Crippen LogP contribution in [0.4, 0.5) is 11.5 Å². The van der Waals surface area contributed by atoms with Crippen LogP contribution in [0.2, 0.25) is 0 Å². The molecule has 9 nitrogen and oxygen atoms in total. The summed E-state index contributed by atoms with van der Waals surface area (Å²) >= 11 is 0. The quantitative estimate of drug-likeness (QED) is 0.626. The molecular weight excluding hydrogens is 396 g/mol. The molecular formula is C22H26N6O3. The Balaban J connectivity index is 1.45. The van der Waals surface area contributed by atoms with Gasteiger partial charge in [0, 0.05) is 19.6 Å². The highest BCUT2D eigenvalue weighted by atomic mass is 16.2. The van der Waals surface area contributed by atoms with Gasteiger partial charge < -0.3 is 16.0 Å². The zero-order valence-corrected chi connectivity index (χ0v) is 17.5. The number of para-hydroxylation sites is 2. The molecule has 2 amide bonds. The van der Waals surface area contributed by atoms with E-state index in [1.165, 1.54) is 4.57 Å². The number of anilines is 2. The summed E-state index contributed by atoms with van der Waals surface area (Å²) in [6.07, 6.45) is 3.26. The van der Waals surface area contributed by atoms with Crippen molar-refractivity contribution < 1.29 is 9.59 Å². The van der Waals surface area contributed by atoms with E-state index >= 15 is 0 Å². The monoisotopic (exact) mass is 422 g/mol. The number of aromatic nitrogens is 3. The van der Waals surface area contributed by atoms with Crippen LogP contribution in [0, 0.1) is 5.92 Å².